The second kappa shape index (κ2) is 7.22. The molecule has 0 amide bonds. The van der Waals surface area contributed by atoms with Crippen molar-refractivity contribution in [3.63, 3.8) is 0 Å². The van der Waals surface area contributed by atoms with E-state index in [2.05, 4.69) is 4.99 Å². The van der Waals surface area contributed by atoms with Crippen LogP contribution in [0, 0.1) is 31.1 Å². The highest BCUT2D eigenvalue weighted by molar-refractivity contribution is 5.87. The standard InChI is InChI=1S/C19H21N3O3/c1-11(2)10-22-18(24)15(8-20)13(4)16(19(22)25)9-21-17-6-5-14(23)7-12(17)3/h5-7,9,11,23,25H,10H2,1-4H3. The Morgan fingerprint density at radius 3 is 2.56 bits per heavy atom. The van der Waals surface area contributed by atoms with E-state index >= 15 is 0 Å². The van der Waals surface area contributed by atoms with E-state index in [4.69, 9.17) is 0 Å². The van der Waals surface area contributed by atoms with E-state index < -0.39 is 5.56 Å². The van der Waals surface area contributed by atoms with Crippen molar-refractivity contribution in [3.05, 3.63) is 50.8 Å². The third-order valence-corrected chi connectivity index (χ3v) is 3.91. The first-order valence-corrected chi connectivity index (χ1v) is 7.96. The number of aliphatic imine (C=N–C) groups is 1. The maximum absolute atomic E-state index is 12.4. The van der Waals surface area contributed by atoms with Gasteiger partial charge in [0.05, 0.1) is 11.3 Å². The van der Waals surface area contributed by atoms with Gasteiger partial charge in [0.15, 0.2) is 0 Å². The van der Waals surface area contributed by atoms with Crippen molar-refractivity contribution < 1.29 is 10.2 Å². The second-order valence-electron chi connectivity index (χ2n) is 6.39. The van der Waals surface area contributed by atoms with Gasteiger partial charge in [-0.15, -0.1) is 0 Å². The highest BCUT2D eigenvalue weighted by Crippen LogP contribution is 2.25. The van der Waals surface area contributed by atoms with Crippen molar-refractivity contribution in [2.45, 2.75) is 34.2 Å². The average Bonchev–Trinajstić information content (AvgIpc) is 2.53. The summed E-state index contributed by atoms with van der Waals surface area (Å²) in [4.78, 5) is 16.7. The fourth-order valence-corrected chi connectivity index (χ4v) is 2.58. The van der Waals surface area contributed by atoms with Crippen LogP contribution in [0.2, 0.25) is 0 Å². The first-order chi connectivity index (χ1) is 11.8. The van der Waals surface area contributed by atoms with Crippen molar-refractivity contribution in [1.82, 2.24) is 4.57 Å². The number of pyridine rings is 1. The molecule has 0 radical (unpaired) electrons. The van der Waals surface area contributed by atoms with Gasteiger partial charge < -0.3 is 10.2 Å². The van der Waals surface area contributed by atoms with E-state index in [0.29, 0.717) is 23.4 Å². The number of phenolic OH excluding ortho intramolecular Hbond substituents is 1. The Balaban J connectivity index is 2.62. The van der Waals surface area contributed by atoms with Gasteiger partial charge in [0.2, 0.25) is 5.88 Å². The summed E-state index contributed by atoms with van der Waals surface area (Å²) in [7, 11) is 0. The number of aryl methyl sites for hydroxylation is 1. The molecule has 1 aromatic carbocycles. The van der Waals surface area contributed by atoms with Crippen LogP contribution < -0.4 is 5.56 Å². The monoisotopic (exact) mass is 339 g/mol. The predicted molar refractivity (Wildman–Crippen MR) is 96.8 cm³/mol. The van der Waals surface area contributed by atoms with Crippen LogP contribution in [-0.2, 0) is 6.54 Å². The Hall–Kier alpha value is -3.07. The molecular weight excluding hydrogens is 318 g/mol. The first-order valence-electron chi connectivity index (χ1n) is 7.96. The number of hydrogen-bond donors (Lipinski definition) is 2. The molecule has 0 aliphatic heterocycles. The largest absolute Gasteiger partial charge is 0.508 e. The normalized spacial score (nSPS) is 11.2. The number of hydrogen-bond acceptors (Lipinski definition) is 5. The number of nitriles is 1. The lowest BCUT2D eigenvalue weighted by Crippen LogP contribution is -2.27. The molecule has 0 saturated carbocycles. The molecular formula is C19H21N3O3. The molecule has 1 aromatic heterocycles. The summed E-state index contributed by atoms with van der Waals surface area (Å²) < 4.78 is 1.21. The molecule has 2 aromatic rings. The minimum absolute atomic E-state index is 0.00216. The Kier molecular flexibility index (Phi) is 5.28. The van der Waals surface area contributed by atoms with E-state index in [9.17, 15) is 20.3 Å². The number of nitrogens with zero attached hydrogens (tertiary/aromatic N) is 3. The smallest absolute Gasteiger partial charge is 0.271 e. The van der Waals surface area contributed by atoms with E-state index in [-0.39, 0.29) is 23.1 Å². The Morgan fingerprint density at radius 2 is 2.00 bits per heavy atom. The van der Waals surface area contributed by atoms with Crippen LogP contribution in [0.3, 0.4) is 0 Å². The predicted octanol–water partition coefficient (Wildman–Crippen LogP) is 3.15. The lowest BCUT2D eigenvalue weighted by molar-refractivity contribution is 0.381. The molecule has 6 nitrogen and oxygen atoms in total. The molecule has 130 valence electrons. The summed E-state index contributed by atoms with van der Waals surface area (Å²) in [5.41, 5.74) is 1.63. The van der Waals surface area contributed by atoms with Crippen molar-refractivity contribution in [3.8, 4) is 17.7 Å². The van der Waals surface area contributed by atoms with Gasteiger partial charge in [0.1, 0.15) is 17.4 Å². The fourth-order valence-electron chi connectivity index (χ4n) is 2.58. The minimum Gasteiger partial charge on any atom is -0.508 e. The lowest BCUT2D eigenvalue weighted by atomic mass is 10.1. The molecule has 0 bridgehead atoms. The van der Waals surface area contributed by atoms with Crippen LogP contribution in [0.4, 0.5) is 5.69 Å². The highest BCUT2D eigenvalue weighted by Gasteiger charge is 2.18. The second-order valence-corrected chi connectivity index (χ2v) is 6.39. The summed E-state index contributed by atoms with van der Waals surface area (Å²) in [5, 5.41) is 29.3. The van der Waals surface area contributed by atoms with Crippen LogP contribution in [0.5, 0.6) is 11.6 Å². The molecule has 6 heteroatoms. The highest BCUT2D eigenvalue weighted by atomic mass is 16.3. The van der Waals surface area contributed by atoms with Crippen molar-refractivity contribution in [2.75, 3.05) is 0 Å². The summed E-state index contributed by atoms with van der Waals surface area (Å²) >= 11 is 0. The van der Waals surface area contributed by atoms with Gasteiger partial charge in [-0.05, 0) is 49.1 Å². The van der Waals surface area contributed by atoms with Crippen molar-refractivity contribution in [1.29, 1.82) is 5.26 Å². The van der Waals surface area contributed by atoms with Gasteiger partial charge in [0.25, 0.3) is 5.56 Å². The molecule has 2 rings (SSSR count). The number of rotatable bonds is 4. The molecule has 0 atom stereocenters. The fraction of sp³-hybridized carbons (Fsp3) is 0.316. The molecule has 0 aliphatic rings. The number of aromatic hydroxyl groups is 2. The maximum Gasteiger partial charge on any atom is 0.271 e. The first kappa shape index (κ1) is 18.3. The van der Waals surface area contributed by atoms with Crippen LogP contribution in [-0.4, -0.2) is 21.0 Å². The molecule has 0 unspecified atom stereocenters. The summed E-state index contributed by atoms with van der Waals surface area (Å²) in [5.74, 6) is 0.0742. The topological polar surface area (TPSA) is 98.6 Å². The molecule has 0 saturated heterocycles. The minimum atomic E-state index is -0.496. The third-order valence-electron chi connectivity index (χ3n) is 3.91. The third kappa shape index (κ3) is 3.72. The SMILES string of the molecule is Cc1cc(O)ccc1N=Cc1c(C)c(C#N)c(=O)n(CC(C)C)c1O. The van der Waals surface area contributed by atoms with Gasteiger partial charge in [-0.1, -0.05) is 13.8 Å². The number of benzene rings is 1. The molecule has 0 fully saturated rings. The zero-order valence-corrected chi connectivity index (χ0v) is 14.7. The molecule has 25 heavy (non-hydrogen) atoms. The van der Waals surface area contributed by atoms with Gasteiger partial charge in [-0.2, -0.15) is 5.26 Å². The average molecular weight is 339 g/mol. The number of phenols is 1. The lowest BCUT2D eigenvalue weighted by Gasteiger charge is -2.15. The van der Waals surface area contributed by atoms with Crippen molar-refractivity contribution >= 4 is 11.9 Å². The van der Waals surface area contributed by atoms with E-state index in [0.717, 1.165) is 5.56 Å². The Morgan fingerprint density at radius 1 is 1.32 bits per heavy atom. The van der Waals surface area contributed by atoms with E-state index in [1.165, 1.54) is 16.8 Å². The quantitative estimate of drug-likeness (QED) is 0.836. The van der Waals surface area contributed by atoms with Gasteiger partial charge >= 0.3 is 0 Å². The van der Waals surface area contributed by atoms with Crippen LogP contribution in [0.25, 0.3) is 0 Å². The van der Waals surface area contributed by atoms with E-state index in [1.807, 2.05) is 19.9 Å². The Labute approximate surface area is 146 Å². The number of aromatic nitrogens is 1. The summed E-state index contributed by atoms with van der Waals surface area (Å²) in [6.07, 6.45) is 1.45. The molecule has 1 heterocycles. The zero-order valence-electron chi connectivity index (χ0n) is 14.7. The summed E-state index contributed by atoms with van der Waals surface area (Å²) in [6, 6.07) is 6.68. The van der Waals surface area contributed by atoms with Gasteiger partial charge in [-0.25, -0.2) is 0 Å². The molecule has 2 N–H and O–H groups in total. The summed E-state index contributed by atoms with van der Waals surface area (Å²) in [6.45, 7) is 7.57. The van der Waals surface area contributed by atoms with Crippen molar-refractivity contribution in [2.24, 2.45) is 10.9 Å². The van der Waals surface area contributed by atoms with Crippen LogP contribution in [0.15, 0.2) is 28.0 Å². The molecule has 0 spiro atoms. The zero-order chi connectivity index (χ0) is 18.7. The van der Waals surface area contributed by atoms with Crippen LogP contribution >= 0.6 is 0 Å². The van der Waals surface area contributed by atoms with Gasteiger partial charge in [-0.3, -0.25) is 14.4 Å². The maximum atomic E-state index is 12.4. The van der Waals surface area contributed by atoms with Gasteiger partial charge in [0, 0.05) is 12.8 Å². The Bertz CT molecular complexity index is 934. The van der Waals surface area contributed by atoms with E-state index in [1.54, 1.807) is 26.0 Å². The van der Waals surface area contributed by atoms with Crippen LogP contribution in [0.1, 0.15) is 36.1 Å². The molecule has 0 aliphatic carbocycles.